The van der Waals surface area contributed by atoms with E-state index in [1.807, 2.05) is 0 Å². The van der Waals surface area contributed by atoms with Gasteiger partial charge >= 0.3 is 0 Å². The molecule has 0 N–H and O–H groups in total. The van der Waals surface area contributed by atoms with Crippen molar-refractivity contribution in [3.63, 3.8) is 0 Å². The number of rotatable bonds is 4. The van der Waals surface area contributed by atoms with Crippen LogP contribution in [0.25, 0.3) is 0 Å². The molecule has 0 aliphatic heterocycles. The maximum atomic E-state index is 12.0. The largest absolute Gasteiger partial charge is 0.291 e. The molecule has 0 radical (unpaired) electrons. The lowest BCUT2D eigenvalue weighted by molar-refractivity contribution is 0.101. The summed E-state index contributed by atoms with van der Waals surface area (Å²) in [6.07, 6.45) is 6.47. The van der Waals surface area contributed by atoms with Crippen molar-refractivity contribution in [2.45, 2.75) is 37.4 Å². The van der Waals surface area contributed by atoms with E-state index in [0.717, 1.165) is 0 Å². The van der Waals surface area contributed by atoms with E-state index in [2.05, 4.69) is 26.2 Å². The number of carbonyl (C=O) groups is 1. The zero-order valence-electron chi connectivity index (χ0n) is 9.86. The smallest absolute Gasteiger partial charge is 0.193 e. The summed E-state index contributed by atoms with van der Waals surface area (Å²) in [7, 11) is 1.75. The minimum atomic E-state index is 0.111. The summed E-state index contributed by atoms with van der Waals surface area (Å²) in [5, 5.41) is 8.31. The molecule has 0 unspecified atom stereocenters. The summed E-state index contributed by atoms with van der Waals surface area (Å²) >= 11 is 5.04. The third kappa shape index (κ3) is 3.31. The summed E-state index contributed by atoms with van der Waals surface area (Å²) in [6, 6.07) is 0. The molecule has 94 valence electrons. The predicted molar refractivity (Wildman–Crippen MR) is 72.4 cm³/mol. The van der Waals surface area contributed by atoms with Gasteiger partial charge in [0.2, 0.25) is 0 Å². The van der Waals surface area contributed by atoms with E-state index in [0.29, 0.717) is 21.3 Å². The zero-order chi connectivity index (χ0) is 12.3. The molecule has 1 aromatic rings. The van der Waals surface area contributed by atoms with Crippen LogP contribution in [-0.4, -0.2) is 31.8 Å². The fourth-order valence-corrected chi connectivity index (χ4v) is 3.86. The predicted octanol–water partition coefficient (Wildman–Crippen LogP) is 2.83. The highest BCUT2D eigenvalue weighted by Crippen LogP contribution is 2.29. The van der Waals surface area contributed by atoms with Crippen molar-refractivity contribution in [2.24, 2.45) is 7.05 Å². The lowest BCUT2D eigenvalue weighted by Crippen LogP contribution is -2.14. The third-order valence-corrected chi connectivity index (χ3v) is 4.96. The van der Waals surface area contributed by atoms with Crippen molar-refractivity contribution >= 4 is 33.5 Å². The van der Waals surface area contributed by atoms with Crippen molar-refractivity contribution in [3.05, 3.63) is 10.3 Å². The Labute approximate surface area is 114 Å². The van der Waals surface area contributed by atoms with Crippen LogP contribution in [0.4, 0.5) is 0 Å². The minimum Gasteiger partial charge on any atom is -0.291 e. The van der Waals surface area contributed by atoms with Crippen molar-refractivity contribution in [1.82, 2.24) is 15.0 Å². The summed E-state index contributed by atoms with van der Waals surface area (Å²) in [4.78, 5) is 12.0. The summed E-state index contributed by atoms with van der Waals surface area (Å²) in [5.74, 6) is 0.643. The number of carbonyl (C=O) groups excluding carboxylic acids is 1. The van der Waals surface area contributed by atoms with Gasteiger partial charge in [0.25, 0.3) is 0 Å². The summed E-state index contributed by atoms with van der Waals surface area (Å²) in [6.45, 7) is 0. The Kier molecular flexibility index (Phi) is 4.62. The molecule has 0 atom stereocenters. The molecule has 1 heterocycles. The molecular weight excluding hydrogens is 302 g/mol. The first kappa shape index (κ1) is 13.1. The molecular formula is C11H16BrN3OS. The number of hydrogen-bond acceptors (Lipinski definition) is 4. The quantitative estimate of drug-likeness (QED) is 0.801. The maximum absolute atomic E-state index is 12.0. The fraction of sp³-hybridized carbons (Fsp3) is 0.727. The zero-order valence-corrected chi connectivity index (χ0v) is 12.3. The number of nitrogens with zero attached hydrogens (tertiary/aromatic N) is 3. The van der Waals surface area contributed by atoms with E-state index >= 15 is 0 Å². The highest BCUT2D eigenvalue weighted by Gasteiger charge is 2.20. The topological polar surface area (TPSA) is 47.8 Å². The standard InChI is InChI=1S/C11H16BrN3OS/c1-15-10(11(12)13-14-15)9(16)7-17-8-5-3-2-4-6-8/h8H,2-7H2,1H3. The lowest BCUT2D eigenvalue weighted by atomic mass is 10.0. The van der Waals surface area contributed by atoms with Crippen LogP contribution >= 0.6 is 27.7 Å². The molecule has 0 amide bonds. The molecule has 0 bridgehead atoms. The lowest BCUT2D eigenvalue weighted by Gasteiger charge is -2.20. The first-order valence-corrected chi connectivity index (χ1v) is 7.72. The van der Waals surface area contributed by atoms with Crippen molar-refractivity contribution < 1.29 is 4.79 Å². The van der Waals surface area contributed by atoms with Gasteiger partial charge in [-0.15, -0.1) is 5.10 Å². The highest BCUT2D eigenvalue weighted by molar-refractivity contribution is 9.10. The van der Waals surface area contributed by atoms with Crippen molar-refractivity contribution in [1.29, 1.82) is 0 Å². The maximum Gasteiger partial charge on any atom is 0.193 e. The molecule has 1 saturated carbocycles. The van der Waals surface area contributed by atoms with Gasteiger partial charge < -0.3 is 0 Å². The van der Waals surface area contributed by atoms with E-state index < -0.39 is 0 Å². The van der Waals surface area contributed by atoms with Gasteiger partial charge in [-0.1, -0.05) is 24.5 Å². The monoisotopic (exact) mass is 317 g/mol. The van der Waals surface area contributed by atoms with Gasteiger partial charge in [-0.05, 0) is 28.8 Å². The van der Waals surface area contributed by atoms with Crippen LogP contribution in [0.5, 0.6) is 0 Å². The van der Waals surface area contributed by atoms with Gasteiger partial charge in [-0.2, -0.15) is 11.8 Å². The normalized spacial score (nSPS) is 17.3. The molecule has 6 heteroatoms. The third-order valence-electron chi connectivity index (χ3n) is 3.05. The van der Waals surface area contributed by atoms with E-state index in [1.165, 1.54) is 36.8 Å². The summed E-state index contributed by atoms with van der Waals surface area (Å²) < 4.78 is 2.09. The van der Waals surface area contributed by atoms with Crippen LogP contribution in [0.15, 0.2) is 4.60 Å². The number of Topliss-reactive ketones (excluding diaryl/α,β-unsaturated/α-hetero) is 1. The Bertz CT molecular complexity index is 382. The molecule has 1 aromatic heterocycles. The number of halogens is 1. The number of ketones is 1. The average Bonchev–Trinajstić information content (AvgIpc) is 2.67. The molecule has 4 nitrogen and oxygen atoms in total. The fourth-order valence-electron chi connectivity index (χ4n) is 2.12. The number of aromatic nitrogens is 3. The van der Waals surface area contributed by atoms with Crippen LogP contribution in [-0.2, 0) is 7.05 Å². The second kappa shape index (κ2) is 6.00. The van der Waals surface area contributed by atoms with Crippen molar-refractivity contribution in [2.75, 3.05) is 5.75 Å². The van der Waals surface area contributed by atoms with E-state index in [-0.39, 0.29) is 5.78 Å². The van der Waals surface area contributed by atoms with Crippen LogP contribution < -0.4 is 0 Å². The Morgan fingerprint density at radius 1 is 1.47 bits per heavy atom. The second-order valence-electron chi connectivity index (χ2n) is 4.35. The van der Waals surface area contributed by atoms with Gasteiger partial charge in [0, 0.05) is 12.3 Å². The van der Waals surface area contributed by atoms with Gasteiger partial charge in [0.05, 0.1) is 5.75 Å². The van der Waals surface area contributed by atoms with Crippen molar-refractivity contribution in [3.8, 4) is 0 Å². The van der Waals surface area contributed by atoms with Gasteiger partial charge in [-0.25, -0.2) is 4.68 Å². The molecule has 0 saturated heterocycles. The minimum absolute atomic E-state index is 0.111. The van der Waals surface area contributed by atoms with Gasteiger partial charge in [0.15, 0.2) is 10.4 Å². The highest BCUT2D eigenvalue weighted by atomic mass is 79.9. The molecule has 1 aliphatic carbocycles. The first-order valence-electron chi connectivity index (χ1n) is 5.88. The van der Waals surface area contributed by atoms with E-state index in [9.17, 15) is 4.79 Å². The van der Waals surface area contributed by atoms with Gasteiger partial charge in [-0.3, -0.25) is 4.79 Å². The second-order valence-corrected chi connectivity index (χ2v) is 6.39. The van der Waals surface area contributed by atoms with Gasteiger partial charge in [0.1, 0.15) is 5.69 Å². The Morgan fingerprint density at radius 2 is 2.18 bits per heavy atom. The molecule has 0 aromatic carbocycles. The number of hydrogen-bond donors (Lipinski definition) is 0. The summed E-state index contributed by atoms with van der Waals surface area (Å²) in [5.41, 5.74) is 0.577. The van der Waals surface area contributed by atoms with E-state index in [4.69, 9.17) is 0 Å². The Balaban J connectivity index is 1.89. The number of thioether (sulfide) groups is 1. The molecule has 1 aliphatic rings. The Morgan fingerprint density at radius 3 is 2.76 bits per heavy atom. The molecule has 0 spiro atoms. The van der Waals surface area contributed by atoms with Crippen LogP contribution in [0.2, 0.25) is 0 Å². The molecule has 17 heavy (non-hydrogen) atoms. The molecule has 2 rings (SSSR count). The number of aryl methyl sites for hydroxylation is 1. The van der Waals surface area contributed by atoms with Crippen LogP contribution in [0.1, 0.15) is 42.6 Å². The molecule has 1 fully saturated rings. The van der Waals surface area contributed by atoms with E-state index in [1.54, 1.807) is 18.8 Å². The van der Waals surface area contributed by atoms with Crippen LogP contribution in [0, 0.1) is 0 Å². The average molecular weight is 318 g/mol. The SMILES string of the molecule is Cn1nnc(Br)c1C(=O)CSC1CCCCC1. The first-order chi connectivity index (χ1) is 8.18. The van der Waals surface area contributed by atoms with Crippen LogP contribution in [0.3, 0.4) is 0 Å². The Hall–Kier alpha value is -0.360.